The van der Waals surface area contributed by atoms with Gasteiger partial charge in [-0.1, -0.05) is 41.5 Å². The Labute approximate surface area is 119 Å². The van der Waals surface area contributed by atoms with Crippen molar-refractivity contribution in [3.05, 3.63) is 58.7 Å². The molecule has 0 radical (unpaired) electrons. The number of carboxylic acid groups (broad SMARTS) is 1. The van der Waals surface area contributed by atoms with Crippen molar-refractivity contribution in [2.75, 3.05) is 0 Å². The van der Waals surface area contributed by atoms with E-state index in [0.29, 0.717) is 5.57 Å². The number of epoxide rings is 1. The Hall–Kier alpha value is -1.87. The van der Waals surface area contributed by atoms with Gasteiger partial charge in [0.2, 0.25) is 0 Å². The zero-order valence-corrected chi connectivity index (χ0v) is 12.3. The van der Waals surface area contributed by atoms with Gasteiger partial charge < -0.3 is 9.84 Å². The molecule has 0 aromatic heterocycles. The Morgan fingerprint density at radius 2 is 1.90 bits per heavy atom. The number of carbonyl (C=O) groups is 1. The molecule has 20 heavy (non-hydrogen) atoms. The van der Waals surface area contributed by atoms with Gasteiger partial charge in [0.1, 0.15) is 11.7 Å². The molecule has 1 aliphatic heterocycles. The highest BCUT2D eigenvalue weighted by Crippen LogP contribution is 2.47. The third kappa shape index (κ3) is 3.17. The zero-order valence-electron chi connectivity index (χ0n) is 12.3. The largest absolute Gasteiger partial charge is 0.478 e. The molecule has 0 bridgehead atoms. The molecule has 3 nitrogen and oxygen atoms in total. The van der Waals surface area contributed by atoms with Crippen molar-refractivity contribution < 1.29 is 14.6 Å². The molecule has 1 aromatic rings. The average Bonchev–Trinajstić information content (AvgIpc) is 2.97. The summed E-state index contributed by atoms with van der Waals surface area (Å²) < 4.78 is 5.79. The van der Waals surface area contributed by atoms with Gasteiger partial charge >= 0.3 is 5.97 Å². The van der Waals surface area contributed by atoms with Crippen molar-refractivity contribution in [1.29, 1.82) is 0 Å². The lowest BCUT2D eigenvalue weighted by atomic mass is 9.94. The fraction of sp³-hybridized carbons (Fsp3) is 0.353. The molecule has 0 amide bonds. The zero-order chi connectivity index (χ0) is 14.9. The summed E-state index contributed by atoms with van der Waals surface area (Å²) in [5.74, 6) is -0.930. The quantitative estimate of drug-likeness (QED) is 0.518. The maximum absolute atomic E-state index is 10.6. The van der Waals surface area contributed by atoms with Crippen LogP contribution >= 0.6 is 0 Å². The van der Waals surface area contributed by atoms with Gasteiger partial charge in [-0.15, -0.1) is 0 Å². The van der Waals surface area contributed by atoms with Crippen molar-refractivity contribution in [1.82, 2.24) is 0 Å². The van der Waals surface area contributed by atoms with Crippen molar-refractivity contribution in [3.63, 3.8) is 0 Å². The minimum Gasteiger partial charge on any atom is -0.478 e. The molecule has 1 saturated heterocycles. The van der Waals surface area contributed by atoms with Crippen LogP contribution in [0.5, 0.6) is 0 Å². The average molecular weight is 272 g/mol. The van der Waals surface area contributed by atoms with E-state index in [9.17, 15) is 4.79 Å². The Balaban J connectivity index is 2.13. The lowest BCUT2D eigenvalue weighted by Gasteiger charge is -2.09. The topological polar surface area (TPSA) is 49.8 Å². The molecule has 0 saturated carbocycles. The number of ether oxygens (including phenoxy) is 1. The minimum atomic E-state index is -0.930. The maximum atomic E-state index is 10.6. The molecule has 1 aromatic carbocycles. The van der Waals surface area contributed by atoms with E-state index in [0.717, 1.165) is 0 Å². The van der Waals surface area contributed by atoms with Crippen LogP contribution in [0.2, 0.25) is 0 Å². The summed E-state index contributed by atoms with van der Waals surface area (Å²) >= 11 is 0. The highest BCUT2D eigenvalue weighted by Gasteiger charge is 2.52. The van der Waals surface area contributed by atoms with Gasteiger partial charge in [0.15, 0.2) is 0 Å². The lowest BCUT2D eigenvalue weighted by molar-refractivity contribution is -0.131. The number of aryl methyl sites for hydroxylation is 2. The summed E-state index contributed by atoms with van der Waals surface area (Å²) in [5, 5.41) is 8.66. The fourth-order valence-corrected chi connectivity index (χ4v) is 2.43. The third-order valence-corrected chi connectivity index (χ3v) is 3.54. The predicted octanol–water partition coefficient (Wildman–Crippen LogP) is 3.50. The van der Waals surface area contributed by atoms with Crippen LogP contribution in [0.3, 0.4) is 0 Å². The Kier molecular flexibility index (Phi) is 3.82. The van der Waals surface area contributed by atoms with E-state index in [-0.39, 0.29) is 11.7 Å². The van der Waals surface area contributed by atoms with E-state index in [2.05, 4.69) is 39.0 Å². The van der Waals surface area contributed by atoms with Crippen molar-refractivity contribution in [3.8, 4) is 0 Å². The van der Waals surface area contributed by atoms with Gasteiger partial charge in [-0.3, -0.25) is 0 Å². The summed E-state index contributed by atoms with van der Waals surface area (Å²) in [5.41, 5.74) is 4.03. The van der Waals surface area contributed by atoms with Gasteiger partial charge in [-0.25, -0.2) is 4.79 Å². The van der Waals surface area contributed by atoms with Gasteiger partial charge in [0.05, 0.1) is 0 Å². The molecule has 106 valence electrons. The SMILES string of the molecule is C/C(C=CC1O[C@]1(C)c1cc(C)cc(C)c1)=C\C(=O)O. The first-order valence-electron chi connectivity index (χ1n) is 6.67. The van der Waals surface area contributed by atoms with Crippen LogP contribution in [0.15, 0.2) is 42.0 Å². The predicted molar refractivity (Wildman–Crippen MR) is 78.7 cm³/mol. The molecule has 0 aliphatic carbocycles. The molecule has 1 aliphatic rings. The van der Waals surface area contributed by atoms with Crippen LogP contribution in [-0.4, -0.2) is 17.2 Å². The van der Waals surface area contributed by atoms with E-state index in [1.54, 1.807) is 13.0 Å². The maximum Gasteiger partial charge on any atom is 0.328 e. The second-order valence-electron chi connectivity index (χ2n) is 5.61. The van der Waals surface area contributed by atoms with Crippen molar-refractivity contribution in [2.24, 2.45) is 0 Å². The molecule has 1 heterocycles. The molecular weight excluding hydrogens is 252 g/mol. The van der Waals surface area contributed by atoms with E-state index in [4.69, 9.17) is 9.84 Å². The van der Waals surface area contributed by atoms with Crippen LogP contribution in [0.1, 0.15) is 30.5 Å². The first-order chi connectivity index (χ1) is 9.31. The number of allylic oxidation sites excluding steroid dienone is 2. The van der Waals surface area contributed by atoms with E-state index < -0.39 is 5.97 Å². The van der Waals surface area contributed by atoms with Crippen LogP contribution in [-0.2, 0) is 15.1 Å². The number of rotatable bonds is 4. The first-order valence-corrected chi connectivity index (χ1v) is 6.67. The highest BCUT2D eigenvalue weighted by atomic mass is 16.6. The van der Waals surface area contributed by atoms with Crippen molar-refractivity contribution >= 4 is 5.97 Å². The van der Waals surface area contributed by atoms with E-state index in [1.165, 1.54) is 22.8 Å². The molecule has 1 unspecified atom stereocenters. The standard InChI is InChI=1S/C17H20O3/c1-11(10-16(18)19)5-6-15-17(4,20-15)14-8-12(2)7-13(3)9-14/h5-10,15H,1-4H3,(H,18,19)/b6-5?,11-10+/t15?,17-/m1/s1. The Morgan fingerprint density at radius 3 is 2.45 bits per heavy atom. The second kappa shape index (κ2) is 5.25. The van der Waals surface area contributed by atoms with Gasteiger partial charge in [-0.05, 0) is 38.8 Å². The van der Waals surface area contributed by atoms with Crippen molar-refractivity contribution in [2.45, 2.75) is 39.4 Å². The fourth-order valence-electron chi connectivity index (χ4n) is 2.43. The Bertz CT molecular complexity index is 578. The van der Waals surface area contributed by atoms with Crippen LogP contribution < -0.4 is 0 Å². The molecule has 0 spiro atoms. The number of aliphatic carboxylic acids is 1. The molecule has 1 N–H and O–H groups in total. The summed E-state index contributed by atoms with van der Waals surface area (Å²) in [7, 11) is 0. The van der Waals surface area contributed by atoms with Crippen LogP contribution in [0.4, 0.5) is 0 Å². The number of carboxylic acids is 1. The number of hydrogen-bond acceptors (Lipinski definition) is 2. The monoisotopic (exact) mass is 272 g/mol. The van der Waals surface area contributed by atoms with E-state index in [1.807, 2.05) is 6.08 Å². The molecule has 3 heteroatoms. The van der Waals surface area contributed by atoms with Crippen LogP contribution in [0.25, 0.3) is 0 Å². The van der Waals surface area contributed by atoms with Gasteiger partial charge in [0.25, 0.3) is 0 Å². The van der Waals surface area contributed by atoms with Gasteiger partial charge in [0, 0.05) is 6.08 Å². The molecular formula is C17H20O3. The smallest absolute Gasteiger partial charge is 0.328 e. The molecule has 2 atom stereocenters. The normalized spacial score (nSPS) is 26.0. The van der Waals surface area contributed by atoms with Gasteiger partial charge in [-0.2, -0.15) is 0 Å². The molecule has 2 rings (SSSR count). The van der Waals surface area contributed by atoms with E-state index >= 15 is 0 Å². The van der Waals surface area contributed by atoms with Crippen LogP contribution in [0, 0.1) is 13.8 Å². The summed E-state index contributed by atoms with van der Waals surface area (Å²) in [6.07, 6.45) is 4.91. The number of benzene rings is 1. The molecule has 1 fully saturated rings. The summed E-state index contributed by atoms with van der Waals surface area (Å²) in [4.78, 5) is 10.6. The lowest BCUT2D eigenvalue weighted by Crippen LogP contribution is -2.07. The summed E-state index contributed by atoms with van der Waals surface area (Å²) in [6.45, 7) is 7.98. The highest BCUT2D eigenvalue weighted by molar-refractivity contribution is 5.81. The summed E-state index contributed by atoms with van der Waals surface area (Å²) in [6, 6.07) is 6.42. The number of hydrogen-bond donors (Lipinski definition) is 1. The minimum absolute atomic E-state index is 0.000782. The Morgan fingerprint density at radius 1 is 1.30 bits per heavy atom. The first kappa shape index (κ1) is 14.5. The third-order valence-electron chi connectivity index (χ3n) is 3.54. The second-order valence-corrected chi connectivity index (χ2v) is 5.61.